The van der Waals surface area contributed by atoms with Gasteiger partial charge in [-0.2, -0.15) is 5.10 Å². The van der Waals surface area contributed by atoms with Gasteiger partial charge in [-0.05, 0) is 43.2 Å². The van der Waals surface area contributed by atoms with Crippen molar-refractivity contribution in [2.75, 3.05) is 4.90 Å². The van der Waals surface area contributed by atoms with Crippen LogP contribution in [-0.4, -0.2) is 15.7 Å². The van der Waals surface area contributed by atoms with Crippen LogP contribution in [0.1, 0.15) is 18.1 Å². The van der Waals surface area contributed by atoms with E-state index in [9.17, 15) is 4.79 Å². The number of carbonyl (C=O) groups is 1. The van der Waals surface area contributed by atoms with E-state index < -0.39 is 0 Å². The standard InChI is InChI=1S/C14H16ClN3O/c1-10-11(2)14(6-5-13(10)15)18(12(3)19)9-17-8-4-7-16-17/h4-8H,9H2,1-3H3. The van der Waals surface area contributed by atoms with Crippen LogP contribution in [0.4, 0.5) is 5.69 Å². The summed E-state index contributed by atoms with van der Waals surface area (Å²) >= 11 is 6.09. The number of aromatic nitrogens is 2. The maximum absolute atomic E-state index is 11.9. The van der Waals surface area contributed by atoms with Crippen LogP contribution in [0.5, 0.6) is 0 Å². The molecule has 2 aromatic rings. The van der Waals surface area contributed by atoms with E-state index in [1.165, 1.54) is 0 Å². The third kappa shape index (κ3) is 2.79. The molecule has 0 fully saturated rings. The van der Waals surface area contributed by atoms with Crippen molar-refractivity contribution in [2.24, 2.45) is 0 Å². The largest absolute Gasteiger partial charge is 0.292 e. The smallest absolute Gasteiger partial charge is 0.225 e. The Morgan fingerprint density at radius 2 is 2.11 bits per heavy atom. The van der Waals surface area contributed by atoms with Crippen molar-refractivity contribution in [2.45, 2.75) is 27.4 Å². The zero-order chi connectivity index (χ0) is 14.0. The third-order valence-corrected chi connectivity index (χ3v) is 3.62. The SMILES string of the molecule is CC(=O)N(Cn1cccn1)c1ccc(Cl)c(C)c1C. The summed E-state index contributed by atoms with van der Waals surface area (Å²) < 4.78 is 1.71. The lowest BCUT2D eigenvalue weighted by atomic mass is 10.1. The minimum atomic E-state index is -0.0275. The van der Waals surface area contributed by atoms with Crippen molar-refractivity contribution >= 4 is 23.2 Å². The van der Waals surface area contributed by atoms with E-state index in [0.29, 0.717) is 11.7 Å². The molecule has 0 spiro atoms. The molecule has 0 saturated heterocycles. The van der Waals surface area contributed by atoms with E-state index in [2.05, 4.69) is 5.10 Å². The summed E-state index contributed by atoms with van der Waals surface area (Å²) in [6.07, 6.45) is 3.52. The molecule has 0 saturated carbocycles. The highest BCUT2D eigenvalue weighted by molar-refractivity contribution is 6.31. The van der Waals surface area contributed by atoms with E-state index in [-0.39, 0.29) is 5.91 Å². The predicted octanol–water partition coefficient (Wildman–Crippen LogP) is 3.16. The van der Waals surface area contributed by atoms with Gasteiger partial charge >= 0.3 is 0 Å². The molecule has 1 aromatic carbocycles. The van der Waals surface area contributed by atoms with Crippen molar-refractivity contribution in [1.82, 2.24) is 9.78 Å². The number of anilines is 1. The Morgan fingerprint density at radius 1 is 1.37 bits per heavy atom. The van der Waals surface area contributed by atoms with Crippen LogP contribution >= 0.6 is 11.6 Å². The van der Waals surface area contributed by atoms with Crippen LogP contribution in [0.3, 0.4) is 0 Å². The third-order valence-electron chi connectivity index (χ3n) is 3.21. The fraction of sp³-hybridized carbons (Fsp3) is 0.286. The van der Waals surface area contributed by atoms with Crippen LogP contribution in [0, 0.1) is 13.8 Å². The summed E-state index contributed by atoms with van der Waals surface area (Å²) in [5, 5.41) is 4.84. The van der Waals surface area contributed by atoms with Crippen LogP contribution in [-0.2, 0) is 11.5 Å². The molecule has 0 unspecified atom stereocenters. The Hall–Kier alpha value is -1.81. The minimum absolute atomic E-state index is 0.0275. The van der Waals surface area contributed by atoms with E-state index in [1.54, 1.807) is 22.7 Å². The summed E-state index contributed by atoms with van der Waals surface area (Å²) in [6, 6.07) is 5.52. The molecule has 4 nitrogen and oxygen atoms in total. The summed E-state index contributed by atoms with van der Waals surface area (Å²) in [7, 11) is 0. The normalized spacial score (nSPS) is 10.5. The quantitative estimate of drug-likeness (QED) is 0.864. The number of benzene rings is 1. The zero-order valence-electron chi connectivity index (χ0n) is 11.2. The number of rotatable bonds is 3. The lowest BCUT2D eigenvalue weighted by Crippen LogP contribution is -2.31. The molecule has 19 heavy (non-hydrogen) atoms. The number of hydrogen-bond donors (Lipinski definition) is 0. The Labute approximate surface area is 117 Å². The molecule has 0 atom stereocenters. The monoisotopic (exact) mass is 277 g/mol. The van der Waals surface area contributed by atoms with Gasteiger partial charge in [0.05, 0.1) is 0 Å². The average molecular weight is 278 g/mol. The summed E-state index contributed by atoms with van der Waals surface area (Å²) in [6.45, 7) is 5.86. The Bertz CT molecular complexity index is 593. The van der Waals surface area contributed by atoms with Crippen molar-refractivity contribution in [3.63, 3.8) is 0 Å². The van der Waals surface area contributed by atoms with E-state index in [1.807, 2.05) is 38.2 Å². The number of halogens is 1. The first-order valence-corrected chi connectivity index (χ1v) is 6.39. The van der Waals surface area contributed by atoms with Gasteiger partial charge in [-0.3, -0.25) is 14.4 Å². The summed E-state index contributed by atoms with van der Waals surface area (Å²) in [5.41, 5.74) is 2.87. The van der Waals surface area contributed by atoms with Crippen molar-refractivity contribution in [3.8, 4) is 0 Å². The van der Waals surface area contributed by atoms with Gasteiger partial charge < -0.3 is 0 Å². The van der Waals surface area contributed by atoms with Gasteiger partial charge in [-0.15, -0.1) is 0 Å². The van der Waals surface area contributed by atoms with Gasteiger partial charge in [0.1, 0.15) is 6.67 Å². The van der Waals surface area contributed by atoms with Gasteiger partial charge in [-0.1, -0.05) is 11.6 Å². The van der Waals surface area contributed by atoms with Gasteiger partial charge in [0.25, 0.3) is 0 Å². The molecule has 1 aromatic heterocycles. The molecule has 0 aliphatic rings. The highest BCUT2D eigenvalue weighted by atomic mass is 35.5. The first-order valence-electron chi connectivity index (χ1n) is 6.02. The van der Waals surface area contributed by atoms with Crippen molar-refractivity contribution in [1.29, 1.82) is 0 Å². The number of hydrogen-bond acceptors (Lipinski definition) is 2. The maximum Gasteiger partial charge on any atom is 0.225 e. The molecule has 2 rings (SSSR count). The fourth-order valence-corrected chi connectivity index (χ4v) is 2.14. The molecule has 0 N–H and O–H groups in total. The first kappa shape index (κ1) is 13.6. The second kappa shape index (κ2) is 5.45. The molecular weight excluding hydrogens is 262 g/mol. The summed E-state index contributed by atoms with van der Waals surface area (Å²) in [5.74, 6) is -0.0275. The number of nitrogens with zero attached hydrogens (tertiary/aromatic N) is 3. The average Bonchev–Trinajstić information content (AvgIpc) is 2.87. The Kier molecular flexibility index (Phi) is 3.90. The number of amides is 1. The molecule has 100 valence electrons. The Balaban J connectivity index is 2.40. The van der Waals surface area contributed by atoms with Crippen molar-refractivity contribution < 1.29 is 4.79 Å². The highest BCUT2D eigenvalue weighted by Crippen LogP contribution is 2.28. The maximum atomic E-state index is 11.9. The molecule has 0 radical (unpaired) electrons. The second-order valence-electron chi connectivity index (χ2n) is 4.45. The molecular formula is C14H16ClN3O. The highest BCUT2D eigenvalue weighted by Gasteiger charge is 2.16. The van der Waals surface area contributed by atoms with Gasteiger partial charge in [0, 0.05) is 30.0 Å². The van der Waals surface area contributed by atoms with Crippen molar-refractivity contribution in [3.05, 3.63) is 46.7 Å². The van der Waals surface area contributed by atoms with Gasteiger partial charge in [0.2, 0.25) is 5.91 Å². The van der Waals surface area contributed by atoms with E-state index >= 15 is 0 Å². The predicted molar refractivity (Wildman–Crippen MR) is 76.3 cm³/mol. The molecule has 1 heterocycles. The Morgan fingerprint density at radius 3 is 2.68 bits per heavy atom. The van der Waals surface area contributed by atoms with E-state index in [4.69, 9.17) is 11.6 Å². The molecule has 0 aliphatic carbocycles. The number of carbonyl (C=O) groups excluding carboxylic acids is 1. The summed E-state index contributed by atoms with van der Waals surface area (Å²) in [4.78, 5) is 13.6. The zero-order valence-corrected chi connectivity index (χ0v) is 12.0. The second-order valence-corrected chi connectivity index (χ2v) is 4.86. The van der Waals surface area contributed by atoms with Crippen LogP contribution in [0.15, 0.2) is 30.6 Å². The minimum Gasteiger partial charge on any atom is -0.292 e. The fourth-order valence-electron chi connectivity index (χ4n) is 1.94. The molecule has 0 aliphatic heterocycles. The topological polar surface area (TPSA) is 38.1 Å². The van der Waals surface area contributed by atoms with Gasteiger partial charge in [0.15, 0.2) is 0 Å². The van der Waals surface area contributed by atoms with Gasteiger partial charge in [-0.25, -0.2) is 0 Å². The molecule has 5 heteroatoms. The first-order chi connectivity index (χ1) is 9.00. The van der Waals surface area contributed by atoms with Crippen LogP contribution < -0.4 is 4.90 Å². The lowest BCUT2D eigenvalue weighted by molar-refractivity contribution is -0.117. The van der Waals surface area contributed by atoms with Crippen LogP contribution in [0.2, 0.25) is 5.02 Å². The van der Waals surface area contributed by atoms with Crippen LogP contribution in [0.25, 0.3) is 0 Å². The lowest BCUT2D eigenvalue weighted by Gasteiger charge is -2.24. The molecule has 0 bridgehead atoms. The van der Waals surface area contributed by atoms with E-state index in [0.717, 1.165) is 16.8 Å². The molecule has 1 amide bonds.